The number of nitrogens with zero attached hydrogens (tertiary/aromatic N) is 2. The first-order valence-electron chi connectivity index (χ1n) is 11.8. The first-order valence-corrected chi connectivity index (χ1v) is 13.4. The third-order valence-corrected chi connectivity index (χ3v) is 8.12. The van der Waals surface area contributed by atoms with Gasteiger partial charge in [-0.2, -0.15) is 5.26 Å². The highest BCUT2D eigenvalue weighted by molar-refractivity contribution is 7.92. The summed E-state index contributed by atoms with van der Waals surface area (Å²) in [6, 6.07) is 17.7. The molecule has 0 bridgehead atoms. The number of benzene rings is 3. The van der Waals surface area contributed by atoms with Crippen molar-refractivity contribution in [1.29, 1.82) is 5.26 Å². The van der Waals surface area contributed by atoms with Crippen LogP contribution in [-0.2, 0) is 26.0 Å². The van der Waals surface area contributed by atoms with Gasteiger partial charge in [-0.15, -0.1) is 0 Å². The van der Waals surface area contributed by atoms with Gasteiger partial charge in [-0.05, 0) is 78.1 Å². The third kappa shape index (κ3) is 5.41. The molecule has 1 unspecified atom stereocenters. The number of anilines is 1. The molecule has 0 aliphatic carbocycles. The van der Waals surface area contributed by atoms with E-state index in [1.54, 1.807) is 31.2 Å². The van der Waals surface area contributed by atoms with Crippen molar-refractivity contribution in [3.05, 3.63) is 71.3 Å². The molecular formula is C27H28N2O5S. The Morgan fingerprint density at radius 2 is 1.89 bits per heavy atom. The van der Waals surface area contributed by atoms with Crippen LogP contribution < -0.4 is 4.31 Å². The molecule has 8 heteroatoms. The van der Waals surface area contributed by atoms with Crippen LogP contribution in [0.15, 0.2) is 54.6 Å². The number of aromatic hydroxyl groups is 1. The predicted octanol–water partition coefficient (Wildman–Crippen LogP) is 4.97. The number of ether oxygens (including phenoxy) is 1. The Kier molecular flexibility index (Phi) is 7.27. The highest BCUT2D eigenvalue weighted by atomic mass is 32.2. The van der Waals surface area contributed by atoms with E-state index in [9.17, 15) is 23.6 Å². The molecule has 1 heterocycles. The minimum Gasteiger partial charge on any atom is -0.508 e. The topological polar surface area (TPSA) is 108 Å². The molecule has 3 aromatic carbocycles. The molecule has 1 N–H and O–H groups in total. The van der Waals surface area contributed by atoms with E-state index < -0.39 is 16.1 Å². The van der Waals surface area contributed by atoms with Gasteiger partial charge >= 0.3 is 5.97 Å². The molecule has 35 heavy (non-hydrogen) atoms. The maximum absolute atomic E-state index is 13.6. The number of rotatable bonds is 9. The van der Waals surface area contributed by atoms with Crippen LogP contribution in [0.4, 0.5) is 5.69 Å². The Balaban J connectivity index is 1.59. The van der Waals surface area contributed by atoms with E-state index in [1.165, 1.54) is 10.4 Å². The van der Waals surface area contributed by atoms with Gasteiger partial charge in [0.15, 0.2) is 0 Å². The van der Waals surface area contributed by atoms with Crippen molar-refractivity contribution in [1.82, 2.24) is 0 Å². The number of fused-ring (bicyclic) bond motifs is 2. The second-order valence-electron chi connectivity index (χ2n) is 8.69. The second-order valence-corrected chi connectivity index (χ2v) is 10.7. The largest absolute Gasteiger partial charge is 0.508 e. The van der Waals surface area contributed by atoms with Gasteiger partial charge < -0.3 is 9.84 Å². The Bertz CT molecular complexity index is 1390. The van der Waals surface area contributed by atoms with E-state index in [2.05, 4.69) is 6.07 Å². The maximum Gasteiger partial charge on any atom is 0.305 e. The number of sulfonamides is 1. The first kappa shape index (κ1) is 24.6. The van der Waals surface area contributed by atoms with Crippen LogP contribution in [0.3, 0.4) is 0 Å². The number of phenolic OH excluding ortho intramolecular Hbond substituents is 1. The molecule has 1 aliphatic heterocycles. The molecule has 4 rings (SSSR count). The summed E-state index contributed by atoms with van der Waals surface area (Å²) in [7, 11) is -3.68. The number of esters is 1. The average Bonchev–Trinajstić information content (AvgIpc) is 3.22. The SMILES string of the molecule is CCOC(=O)CCCCCS(=O)(=O)N1c2ccc(O)cc2CC1c1ccc2ccc(C#N)cc2c1. The van der Waals surface area contributed by atoms with Crippen molar-refractivity contribution in [3.8, 4) is 11.8 Å². The second kappa shape index (κ2) is 10.4. The van der Waals surface area contributed by atoms with Crippen LogP contribution in [0, 0.1) is 11.3 Å². The quantitative estimate of drug-likeness (QED) is 0.334. The molecule has 3 aromatic rings. The van der Waals surface area contributed by atoms with Gasteiger partial charge in [-0.3, -0.25) is 9.10 Å². The summed E-state index contributed by atoms with van der Waals surface area (Å²) in [4.78, 5) is 11.5. The standard InChI is InChI=1S/C27H28N2O5S/c1-2-34-27(31)6-4-3-5-13-35(32,33)29-25-12-11-24(30)16-23(25)17-26(29)21-10-9-20-8-7-19(18-28)14-22(20)15-21/h7-12,14-16,26,30H,2-6,13,17H2,1H3. The van der Waals surface area contributed by atoms with Crippen LogP contribution in [0.25, 0.3) is 10.8 Å². The molecule has 0 saturated carbocycles. The number of carbonyl (C=O) groups excluding carboxylic acids is 1. The van der Waals surface area contributed by atoms with Crippen molar-refractivity contribution in [2.24, 2.45) is 0 Å². The van der Waals surface area contributed by atoms with Crippen molar-refractivity contribution >= 4 is 32.5 Å². The van der Waals surface area contributed by atoms with Crippen molar-refractivity contribution in [2.75, 3.05) is 16.7 Å². The van der Waals surface area contributed by atoms with Crippen LogP contribution >= 0.6 is 0 Å². The minimum absolute atomic E-state index is 0.0429. The molecule has 0 radical (unpaired) electrons. The predicted molar refractivity (Wildman–Crippen MR) is 135 cm³/mol. The van der Waals surface area contributed by atoms with Gasteiger partial charge in [0.1, 0.15) is 5.75 Å². The van der Waals surface area contributed by atoms with E-state index in [0.29, 0.717) is 43.5 Å². The van der Waals surface area contributed by atoms with E-state index in [-0.39, 0.29) is 23.9 Å². The van der Waals surface area contributed by atoms with Gasteiger partial charge in [0.2, 0.25) is 10.0 Å². The summed E-state index contributed by atoms with van der Waals surface area (Å²) in [5, 5.41) is 21.1. The molecule has 1 atom stereocenters. The molecule has 1 aliphatic rings. The minimum atomic E-state index is -3.68. The Hall–Kier alpha value is -3.57. The summed E-state index contributed by atoms with van der Waals surface area (Å²) in [5.41, 5.74) is 2.72. The van der Waals surface area contributed by atoms with E-state index >= 15 is 0 Å². The lowest BCUT2D eigenvalue weighted by atomic mass is 9.98. The van der Waals surface area contributed by atoms with Gasteiger partial charge in [-0.25, -0.2) is 8.42 Å². The average molecular weight is 493 g/mol. The summed E-state index contributed by atoms with van der Waals surface area (Å²) in [5.74, 6) is -0.212. The first-order chi connectivity index (χ1) is 16.8. The zero-order valence-electron chi connectivity index (χ0n) is 19.6. The zero-order chi connectivity index (χ0) is 25.0. The molecule has 0 amide bonds. The van der Waals surface area contributed by atoms with Gasteiger partial charge in [0.25, 0.3) is 0 Å². The van der Waals surface area contributed by atoms with Crippen LogP contribution in [0.2, 0.25) is 0 Å². The molecule has 0 spiro atoms. The summed E-state index contributed by atoms with van der Waals surface area (Å²) in [6.07, 6.45) is 2.33. The number of nitriles is 1. The number of unbranched alkanes of at least 4 members (excludes halogenated alkanes) is 2. The normalized spacial score (nSPS) is 15.1. The van der Waals surface area contributed by atoms with Crippen LogP contribution in [0.1, 0.15) is 55.3 Å². The van der Waals surface area contributed by atoms with Crippen molar-refractivity contribution in [3.63, 3.8) is 0 Å². The van der Waals surface area contributed by atoms with Crippen LogP contribution in [0.5, 0.6) is 5.75 Å². The fourth-order valence-corrected chi connectivity index (χ4v) is 6.44. The number of hydrogen-bond acceptors (Lipinski definition) is 6. The Morgan fingerprint density at radius 1 is 1.09 bits per heavy atom. The van der Waals surface area contributed by atoms with Gasteiger partial charge in [0, 0.05) is 12.8 Å². The maximum atomic E-state index is 13.6. The van der Waals surface area contributed by atoms with Gasteiger partial charge in [-0.1, -0.05) is 24.6 Å². The molecular weight excluding hydrogens is 464 g/mol. The lowest BCUT2D eigenvalue weighted by Gasteiger charge is -2.27. The molecule has 0 saturated heterocycles. The lowest BCUT2D eigenvalue weighted by Crippen LogP contribution is -2.34. The number of hydrogen-bond donors (Lipinski definition) is 1. The number of carbonyl (C=O) groups is 1. The zero-order valence-corrected chi connectivity index (χ0v) is 20.4. The van der Waals surface area contributed by atoms with Crippen LogP contribution in [-0.4, -0.2) is 31.9 Å². The number of phenols is 1. The molecule has 7 nitrogen and oxygen atoms in total. The highest BCUT2D eigenvalue weighted by Gasteiger charge is 2.38. The van der Waals surface area contributed by atoms with E-state index in [1.807, 2.05) is 24.3 Å². The Labute approximate surface area is 205 Å². The van der Waals surface area contributed by atoms with E-state index in [0.717, 1.165) is 21.9 Å². The van der Waals surface area contributed by atoms with Crippen molar-refractivity contribution < 1.29 is 23.1 Å². The Morgan fingerprint density at radius 3 is 2.66 bits per heavy atom. The molecule has 0 fully saturated rings. The highest BCUT2D eigenvalue weighted by Crippen LogP contribution is 2.44. The summed E-state index contributed by atoms with van der Waals surface area (Å²) >= 11 is 0. The van der Waals surface area contributed by atoms with Crippen molar-refractivity contribution in [2.45, 2.75) is 45.1 Å². The molecule has 182 valence electrons. The molecule has 0 aromatic heterocycles. The fourth-order valence-electron chi connectivity index (χ4n) is 4.61. The monoisotopic (exact) mass is 492 g/mol. The summed E-state index contributed by atoms with van der Waals surface area (Å²) in [6.45, 7) is 2.09. The fraction of sp³-hybridized carbons (Fsp3) is 0.333. The lowest BCUT2D eigenvalue weighted by molar-refractivity contribution is -0.143. The van der Waals surface area contributed by atoms with Gasteiger partial charge in [0.05, 0.1) is 35.7 Å². The summed E-state index contributed by atoms with van der Waals surface area (Å²) < 4.78 is 33.5. The smallest absolute Gasteiger partial charge is 0.305 e. The third-order valence-electron chi connectivity index (χ3n) is 6.26. The van der Waals surface area contributed by atoms with E-state index in [4.69, 9.17) is 4.74 Å².